The Morgan fingerprint density at radius 3 is 2.32 bits per heavy atom. The number of thiophene rings is 1. The van der Waals surface area contributed by atoms with E-state index in [0.717, 1.165) is 10.4 Å². The van der Waals surface area contributed by atoms with Crippen LogP contribution in [0.15, 0.2) is 53.9 Å². The molecule has 0 aliphatic carbocycles. The minimum atomic E-state index is 0.591. The summed E-state index contributed by atoms with van der Waals surface area (Å²) in [5.74, 6) is 11.7. The molecule has 0 spiro atoms. The monoisotopic (exact) mass is 259 g/mol. The van der Waals surface area contributed by atoms with Gasteiger partial charge in [0.1, 0.15) is 6.07 Å². The van der Waals surface area contributed by atoms with Gasteiger partial charge in [0.15, 0.2) is 0 Å². The van der Waals surface area contributed by atoms with Gasteiger partial charge in [0.25, 0.3) is 0 Å². The van der Waals surface area contributed by atoms with Crippen molar-refractivity contribution in [2.24, 2.45) is 0 Å². The van der Waals surface area contributed by atoms with Crippen LogP contribution in [-0.2, 0) is 0 Å². The maximum Gasteiger partial charge on any atom is 0.100 e. The lowest BCUT2D eigenvalue weighted by Gasteiger charge is -1.91. The van der Waals surface area contributed by atoms with Crippen LogP contribution >= 0.6 is 11.3 Å². The maximum atomic E-state index is 8.91. The Kier molecular flexibility index (Phi) is 4.60. The SMILES string of the molecule is N#Cc1ccccc1C#CC=CC#Cc1cccs1. The summed E-state index contributed by atoms with van der Waals surface area (Å²) in [6.07, 6.45) is 3.40. The molecule has 0 unspecified atom stereocenters. The predicted octanol–water partition coefficient (Wildman–Crippen LogP) is 3.58. The second-order valence-electron chi connectivity index (χ2n) is 3.51. The van der Waals surface area contributed by atoms with Gasteiger partial charge in [-0.3, -0.25) is 0 Å². The third-order valence-corrected chi connectivity index (χ3v) is 3.01. The first-order chi connectivity index (χ1) is 9.40. The Bertz CT molecular complexity index is 738. The summed E-state index contributed by atoms with van der Waals surface area (Å²) >= 11 is 1.61. The van der Waals surface area contributed by atoms with Gasteiger partial charge in [0, 0.05) is 5.56 Å². The summed E-state index contributed by atoms with van der Waals surface area (Å²) < 4.78 is 0. The average molecular weight is 259 g/mol. The van der Waals surface area contributed by atoms with E-state index in [9.17, 15) is 0 Å². The summed E-state index contributed by atoms with van der Waals surface area (Å²) in [5.41, 5.74) is 1.33. The second kappa shape index (κ2) is 6.87. The molecular formula is C17H9NS. The van der Waals surface area contributed by atoms with Crippen molar-refractivity contribution >= 4 is 11.3 Å². The zero-order chi connectivity index (χ0) is 13.3. The molecule has 0 radical (unpaired) electrons. The van der Waals surface area contributed by atoms with Crippen LogP contribution in [0.3, 0.4) is 0 Å². The molecule has 0 amide bonds. The largest absolute Gasteiger partial charge is 0.192 e. The van der Waals surface area contributed by atoms with Gasteiger partial charge >= 0.3 is 0 Å². The first-order valence-corrected chi connectivity index (χ1v) is 6.49. The fraction of sp³-hybridized carbons (Fsp3) is 0. The van der Waals surface area contributed by atoms with Gasteiger partial charge in [-0.25, -0.2) is 0 Å². The summed E-state index contributed by atoms with van der Waals surface area (Å²) in [5, 5.41) is 10.9. The van der Waals surface area contributed by atoms with Crippen LogP contribution in [0.25, 0.3) is 0 Å². The summed E-state index contributed by atoms with van der Waals surface area (Å²) in [6, 6.07) is 13.3. The van der Waals surface area contributed by atoms with Crippen molar-refractivity contribution < 1.29 is 0 Å². The van der Waals surface area contributed by atoms with Crippen molar-refractivity contribution in [3.63, 3.8) is 0 Å². The van der Waals surface area contributed by atoms with E-state index < -0.39 is 0 Å². The number of nitrogens with zero attached hydrogens (tertiary/aromatic N) is 1. The van der Waals surface area contributed by atoms with Crippen LogP contribution < -0.4 is 0 Å². The molecular weight excluding hydrogens is 250 g/mol. The highest BCUT2D eigenvalue weighted by molar-refractivity contribution is 7.10. The lowest BCUT2D eigenvalue weighted by Crippen LogP contribution is -1.80. The smallest absolute Gasteiger partial charge is 0.100 e. The number of hydrogen-bond acceptors (Lipinski definition) is 2. The molecule has 2 rings (SSSR count). The van der Waals surface area contributed by atoms with E-state index in [-0.39, 0.29) is 0 Å². The molecule has 1 aromatic carbocycles. The number of allylic oxidation sites excluding steroid dienone is 2. The zero-order valence-corrected chi connectivity index (χ0v) is 10.9. The summed E-state index contributed by atoms with van der Waals surface area (Å²) in [4.78, 5) is 1.03. The molecule has 0 saturated carbocycles. The number of hydrogen-bond donors (Lipinski definition) is 0. The zero-order valence-electron chi connectivity index (χ0n) is 10.1. The van der Waals surface area contributed by atoms with Crippen molar-refractivity contribution in [1.82, 2.24) is 0 Å². The topological polar surface area (TPSA) is 23.8 Å². The molecule has 0 saturated heterocycles. The Labute approximate surface area is 116 Å². The average Bonchev–Trinajstić information content (AvgIpc) is 2.96. The van der Waals surface area contributed by atoms with E-state index in [1.807, 2.05) is 35.7 Å². The van der Waals surface area contributed by atoms with Gasteiger partial charge in [-0.1, -0.05) is 41.9 Å². The van der Waals surface area contributed by atoms with E-state index in [1.165, 1.54) is 0 Å². The minimum absolute atomic E-state index is 0.591. The fourth-order valence-electron chi connectivity index (χ4n) is 1.35. The quantitative estimate of drug-likeness (QED) is 0.663. The molecule has 1 aromatic heterocycles. The van der Waals surface area contributed by atoms with E-state index >= 15 is 0 Å². The number of nitriles is 1. The fourth-order valence-corrected chi connectivity index (χ4v) is 1.93. The molecule has 1 nitrogen and oxygen atoms in total. The molecule has 0 aliphatic heterocycles. The Balaban J connectivity index is 2.04. The van der Waals surface area contributed by atoms with Crippen molar-refractivity contribution in [2.45, 2.75) is 0 Å². The standard InChI is InChI=1S/C17H9NS/c18-14-16-10-6-5-9-15(16)8-3-1-2-4-11-17-12-7-13-19-17/h1-2,5-7,9-10,12-13H. The predicted molar refractivity (Wildman–Crippen MR) is 78.4 cm³/mol. The lowest BCUT2D eigenvalue weighted by atomic mass is 10.1. The third-order valence-electron chi connectivity index (χ3n) is 2.22. The highest BCUT2D eigenvalue weighted by Gasteiger charge is 1.94. The minimum Gasteiger partial charge on any atom is -0.192 e. The molecule has 88 valence electrons. The van der Waals surface area contributed by atoms with E-state index in [0.29, 0.717) is 5.56 Å². The number of benzene rings is 1. The third kappa shape index (κ3) is 3.90. The highest BCUT2D eigenvalue weighted by atomic mass is 32.1. The molecule has 19 heavy (non-hydrogen) atoms. The van der Waals surface area contributed by atoms with Gasteiger partial charge in [-0.15, -0.1) is 11.3 Å². The first-order valence-electron chi connectivity index (χ1n) is 5.61. The molecule has 0 bridgehead atoms. The summed E-state index contributed by atoms with van der Waals surface area (Å²) in [6.45, 7) is 0. The van der Waals surface area contributed by atoms with Crippen LogP contribution in [0.2, 0.25) is 0 Å². The van der Waals surface area contributed by atoms with E-state index in [4.69, 9.17) is 5.26 Å². The van der Waals surface area contributed by atoms with Crippen LogP contribution in [0.5, 0.6) is 0 Å². The van der Waals surface area contributed by atoms with Gasteiger partial charge in [0.05, 0.1) is 10.4 Å². The normalized spacial score (nSPS) is 9.00. The first kappa shape index (κ1) is 12.7. The molecule has 0 atom stereocenters. The Hall–Kier alpha value is -2.73. The lowest BCUT2D eigenvalue weighted by molar-refractivity contribution is 1.47. The molecule has 0 aliphatic rings. The van der Waals surface area contributed by atoms with Crippen LogP contribution in [0, 0.1) is 35.0 Å². The maximum absolute atomic E-state index is 8.91. The second-order valence-corrected chi connectivity index (χ2v) is 4.45. The van der Waals surface area contributed by atoms with Gasteiger partial charge in [0.2, 0.25) is 0 Å². The molecule has 0 N–H and O–H groups in total. The van der Waals surface area contributed by atoms with E-state index in [2.05, 4.69) is 29.8 Å². The van der Waals surface area contributed by atoms with Crippen LogP contribution in [0.1, 0.15) is 16.0 Å². The van der Waals surface area contributed by atoms with Crippen molar-refractivity contribution in [3.8, 4) is 29.8 Å². The van der Waals surface area contributed by atoms with Gasteiger partial charge < -0.3 is 0 Å². The van der Waals surface area contributed by atoms with Gasteiger partial charge in [-0.05, 0) is 35.7 Å². The van der Waals surface area contributed by atoms with Crippen LogP contribution in [0.4, 0.5) is 0 Å². The molecule has 2 aromatic rings. The van der Waals surface area contributed by atoms with Crippen molar-refractivity contribution in [3.05, 3.63) is 69.9 Å². The van der Waals surface area contributed by atoms with Crippen molar-refractivity contribution in [1.29, 1.82) is 5.26 Å². The van der Waals surface area contributed by atoms with Crippen molar-refractivity contribution in [2.75, 3.05) is 0 Å². The van der Waals surface area contributed by atoms with E-state index in [1.54, 1.807) is 29.6 Å². The Morgan fingerprint density at radius 2 is 1.63 bits per heavy atom. The number of rotatable bonds is 0. The Morgan fingerprint density at radius 1 is 0.895 bits per heavy atom. The summed E-state index contributed by atoms with van der Waals surface area (Å²) in [7, 11) is 0. The van der Waals surface area contributed by atoms with Gasteiger partial charge in [-0.2, -0.15) is 5.26 Å². The molecule has 1 heterocycles. The highest BCUT2D eigenvalue weighted by Crippen LogP contribution is 2.05. The van der Waals surface area contributed by atoms with Crippen LogP contribution in [-0.4, -0.2) is 0 Å². The molecule has 0 fully saturated rings. The molecule has 2 heteroatoms.